The molecular formula is C25H27FN4O3S. The third kappa shape index (κ3) is 4.67. The van der Waals surface area contributed by atoms with Gasteiger partial charge < -0.3 is 24.2 Å². The molecule has 1 unspecified atom stereocenters. The molecule has 0 saturated heterocycles. The Labute approximate surface area is 203 Å². The van der Waals surface area contributed by atoms with Crippen molar-refractivity contribution in [3.8, 4) is 17.1 Å². The molecule has 178 valence electrons. The van der Waals surface area contributed by atoms with Gasteiger partial charge in [-0.3, -0.25) is 0 Å². The van der Waals surface area contributed by atoms with Gasteiger partial charge in [-0.1, -0.05) is 36.3 Å². The van der Waals surface area contributed by atoms with E-state index < -0.39 is 5.82 Å². The van der Waals surface area contributed by atoms with Crippen molar-refractivity contribution >= 4 is 22.9 Å². The predicted octanol–water partition coefficient (Wildman–Crippen LogP) is 4.76. The number of ether oxygens (including phenoxy) is 2. The van der Waals surface area contributed by atoms with Crippen molar-refractivity contribution < 1.29 is 18.4 Å². The van der Waals surface area contributed by atoms with Gasteiger partial charge in [0.2, 0.25) is 5.82 Å². The largest absolute Gasteiger partial charge is 0.494 e. The molecule has 9 heteroatoms. The number of nitrogens with one attached hydrogen (secondary N) is 1. The van der Waals surface area contributed by atoms with Gasteiger partial charge in [-0.05, 0) is 54.9 Å². The van der Waals surface area contributed by atoms with E-state index >= 15 is 0 Å². The second-order valence-electron chi connectivity index (χ2n) is 7.89. The van der Waals surface area contributed by atoms with Crippen LogP contribution in [0.15, 0.2) is 52.7 Å². The molecule has 7 nitrogen and oxygen atoms in total. The zero-order valence-electron chi connectivity index (χ0n) is 19.6. The van der Waals surface area contributed by atoms with Crippen LogP contribution in [-0.2, 0) is 11.2 Å². The molecule has 0 saturated carbocycles. The zero-order valence-corrected chi connectivity index (χ0v) is 20.4. The highest BCUT2D eigenvalue weighted by atomic mass is 32.1. The van der Waals surface area contributed by atoms with Gasteiger partial charge in [0, 0.05) is 24.9 Å². The topological polar surface area (TPSA) is 72.7 Å². The van der Waals surface area contributed by atoms with E-state index in [1.54, 1.807) is 13.2 Å². The van der Waals surface area contributed by atoms with Crippen LogP contribution in [0.2, 0.25) is 0 Å². The maximum absolute atomic E-state index is 14.3. The number of aryl methyl sites for hydroxylation is 1. The van der Waals surface area contributed by atoms with Crippen LogP contribution in [0.25, 0.3) is 17.0 Å². The zero-order chi connectivity index (χ0) is 24.2. The normalized spacial score (nSPS) is 16.1. The Kier molecular flexibility index (Phi) is 7.23. The van der Waals surface area contributed by atoms with Crippen molar-refractivity contribution in [3.63, 3.8) is 0 Å². The number of aromatic nitrogens is 2. The van der Waals surface area contributed by atoms with Gasteiger partial charge in [-0.15, -0.1) is 0 Å². The predicted molar refractivity (Wildman–Crippen MR) is 132 cm³/mol. The van der Waals surface area contributed by atoms with Crippen LogP contribution in [0, 0.1) is 5.82 Å². The van der Waals surface area contributed by atoms with Gasteiger partial charge in [-0.2, -0.15) is 4.98 Å². The fourth-order valence-electron chi connectivity index (χ4n) is 3.96. The first-order chi connectivity index (χ1) is 16.5. The maximum Gasteiger partial charge on any atom is 0.258 e. The van der Waals surface area contributed by atoms with Crippen LogP contribution in [-0.4, -0.2) is 47.5 Å². The summed E-state index contributed by atoms with van der Waals surface area (Å²) in [5, 5.41) is 8.14. The summed E-state index contributed by atoms with van der Waals surface area (Å²) in [5.41, 5.74) is 4.46. The number of hydrogen-bond donors (Lipinski definition) is 1. The van der Waals surface area contributed by atoms with Gasteiger partial charge in [0.25, 0.3) is 5.89 Å². The molecule has 1 N–H and O–H groups in total. The SMILES string of the molecule is CCc1ccc(C2NC(=S)N(CCOC)C(C)=C2c2nc(-c3ccc(OC)c(F)c3)no2)cc1. The van der Waals surface area contributed by atoms with E-state index in [9.17, 15) is 4.39 Å². The minimum Gasteiger partial charge on any atom is -0.494 e. The van der Waals surface area contributed by atoms with E-state index in [2.05, 4.69) is 46.6 Å². The first kappa shape index (κ1) is 23.8. The molecule has 2 heterocycles. The summed E-state index contributed by atoms with van der Waals surface area (Å²) in [5.74, 6) is 0.283. The first-order valence-corrected chi connectivity index (χ1v) is 11.4. The number of methoxy groups -OCH3 is 2. The van der Waals surface area contributed by atoms with Gasteiger partial charge >= 0.3 is 0 Å². The van der Waals surface area contributed by atoms with E-state index in [1.165, 1.54) is 24.8 Å². The Bertz CT molecular complexity index is 1210. The molecule has 0 fully saturated rings. The highest BCUT2D eigenvalue weighted by Gasteiger charge is 2.34. The molecule has 0 bridgehead atoms. The summed E-state index contributed by atoms with van der Waals surface area (Å²) < 4.78 is 30.2. The molecule has 34 heavy (non-hydrogen) atoms. The van der Waals surface area contributed by atoms with E-state index in [1.807, 2.05) is 11.8 Å². The van der Waals surface area contributed by atoms with Crippen LogP contribution < -0.4 is 10.1 Å². The number of rotatable bonds is 8. The summed E-state index contributed by atoms with van der Waals surface area (Å²) in [6, 6.07) is 12.6. The van der Waals surface area contributed by atoms with Gasteiger partial charge in [-0.25, -0.2) is 4.39 Å². The standard InChI is InChI=1S/C25H27FN4O3S/c1-5-16-6-8-17(9-7-16)22-21(15(2)30(12-13-31-3)25(34)27-22)24-28-23(29-33-24)18-10-11-20(32-4)19(26)14-18/h6-11,14,22H,5,12-13H2,1-4H3,(H,27,34). The second-order valence-corrected chi connectivity index (χ2v) is 8.28. The molecule has 2 aromatic carbocycles. The summed E-state index contributed by atoms with van der Waals surface area (Å²) in [7, 11) is 3.07. The Morgan fingerprint density at radius 3 is 2.59 bits per heavy atom. The van der Waals surface area contributed by atoms with Crippen molar-refractivity contribution in [2.75, 3.05) is 27.4 Å². The number of nitrogens with zero attached hydrogens (tertiary/aromatic N) is 3. The highest BCUT2D eigenvalue weighted by Crippen LogP contribution is 2.37. The Morgan fingerprint density at radius 1 is 1.18 bits per heavy atom. The minimum absolute atomic E-state index is 0.153. The molecule has 0 spiro atoms. The van der Waals surface area contributed by atoms with Crippen LogP contribution in [0.1, 0.15) is 36.9 Å². The number of thiocarbonyl (C=S) groups is 1. The Morgan fingerprint density at radius 2 is 1.94 bits per heavy atom. The molecule has 4 rings (SSSR count). The van der Waals surface area contributed by atoms with Crippen molar-refractivity contribution in [1.82, 2.24) is 20.4 Å². The average Bonchev–Trinajstić information content (AvgIpc) is 3.33. The first-order valence-electron chi connectivity index (χ1n) is 11.0. The lowest BCUT2D eigenvalue weighted by atomic mass is 9.94. The van der Waals surface area contributed by atoms with Crippen molar-refractivity contribution in [3.05, 3.63) is 71.0 Å². The van der Waals surface area contributed by atoms with Crippen LogP contribution in [0.5, 0.6) is 5.75 Å². The molecule has 3 aromatic rings. The second kappa shape index (κ2) is 10.3. The molecule has 0 radical (unpaired) electrons. The third-order valence-corrected chi connectivity index (χ3v) is 6.24. The lowest BCUT2D eigenvalue weighted by Gasteiger charge is -2.37. The molecule has 0 amide bonds. The molecule has 0 aliphatic carbocycles. The fourth-order valence-corrected chi connectivity index (χ4v) is 4.31. The van der Waals surface area contributed by atoms with Crippen LogP contribution in [0.4, 0.5) is 4.39 Å². The van der Waals surface area contributed by atoms with Crippen molar-refractivity contribution in [1.29, 1.82) is 0 Å². The molecule has 1 atom stereocenters. The van der Waals surface area contributed by atoms with E-state index in [0.717, 1.165) is 23.3 Å². The van der Waals surface area contributed by atoms with Crippen LogP contribution >= 0.6 is 12.2 Å². The summed E-state index contributed by atoms with van der Waals surface area (Å²) in [6.45, 7) is 5.17. The quantitative estimate of drug-likeness (QED) is 0.461. The fraction of sp³-hybridized carbons (Fsp3) is 0.320. The van der Waals surface area contributed by atoms with Gasteiger partial charge in [0.1, 0.15) is 0 Å². The van der Waals surface area contributed by atoms with Gasteiger partial charge in [0.05, 0.1) is 25.3 Å². The Hall–Kier alpha value is -3.30. The van der Waals surface area contributed by atoms with Crippen molar-refractivity contribution in [2.45, 2.75) is 26.3 Å². The highest BCUT2D eigenvalue weighted by molar-refractivity contribution is 7.80. The van der Waals surface area contributed by atoms with Crippen LogP contribution in [0.3, 0.4) is 0 Å². The number of hydrogen-bond acceptors (Lipinski definition) is 6. The summed E-state index contributed by atoms with van der Waals surface area (Å²) >= 11 is 5.67. The number of allylic oxidation sites excluding steroid dienone is 1. The minimum atomic E-state index is -0.494. The van der Waals surface area contributed by atoms with Crippen molar-refractivity contribution in [2.24, 2.45) is 0 Å². The Balaban J connectivity index is 1.77. The van der Waals surface area contributed by atoms with E-state index in [-0.39, 0.29) is 17.6 Å². The molecule has 1 aliphatic rings. The maximum atomic E-state index is 14.3. The monoisotopic (exact) mass is 482 g/mol. The molecule has 1 aliphatic heterocycles. The lowest BCUT2D eigenvalue weighted by molar-refractivity contribution is 0.183. The average molecular weight is 483 g/mol. The summed E-state index contributed by atoms with van der Waals surface area (Å²) in [6.07, 6.45) is 0.953. The number of benzene rings is 2. The summed E-state index contributed by atoms with van der Waals surface area (Å²) in [4.78, 5) is 6.58. The third-order valence-electron chi connectivity index (χ3n) is 5.90. The number of halogens is 1. The van der Waals surface area contributed by atoms with E-state index in [0.29, 0.717) is 29.7 Å². The van der Waals surface area contributed by atoms with Gasteiger partial charge in [0.15, 0.2) is 16.7 Å². The smallest absolute Gasteiger partial charge is 0.258 e. The molecule has 1 aromatic heterocycles. The van der Waals surface area contributed by atoms with E-state index in [4.69, 9.17) is 26.2 Å². The lowest BCUT2D eigenvalue weighted by Crippen LogP contribution is -2.47. The molecular weight excluding hydrogens is 455 g/mol.